The molecule has 2 rings (SSSR count). The van der Waals surface area contributed by atoms with Gasteiger partial charge >= 0.3 is 5.97 Å². The molecule has 0 aliphatic rings. The summed E-state index contributed by atoms with van der Waals surface area (Å²) in [6.45, 7) is 1.31. The molecule has 7 heteroatoms. The van der Waals surface area contributed by atoms with Crippen LogP contribution < -0.4 is 15.5 Å². The largest absolute Gasteiger partial charge is 0.508 e. The Hall–Kier alpha value is -3.09. The second-order valence-corrected chi connectivity index (χ2v) is 4.54. The molecule has 0 aliphatic heterocycles. The van der Waals surface area contributed by atoms with Crippen molar-refractivity contribution in [3.63, 3.8) is 0 Å². The first-order chi connectivity index (χ1) is 10.5. The van der Waals surface area contributed by atoms with Crippen molar-refractivity contribution in [1.82, 2.24) is 10.3 Å². The van der Waals surface area contributed by atoms with Crippen LogP contribution in [0.4, 0.5) is 0 Å². The van der Waals surface area contributed by atoms with Crippen molar-refractivity contribution in [3.8, 4) is 11.5 Å². The van der Waals surface area contributed by atoms with Crippen LogP contribution in [-0.4, -0.2) is 28.5 Å². The van der Waals surface area contributed by atoms with E-state index in [1.807, 2.05) is 0 Å². The van der Waals surface area contributed by atoms with Crippen LogP contribution in [-0.2, 0) is 4.79 Å². The predicted molar refractivity (Wildman–Crippen MR) is 77.9 cm³/mol. The van der Waals surface area contributed by atoms with E-state index in [4.69, 9.17) is 9.84 Å². The number of hydrogen-bond acceptors (Lipinski definition) is 5. The summed E-state index contributed by atoms with van der Waals surface area (Å²) in [5.41, 5.74) is 0.122. The van der Waals surface area contributed by atoms with Gasteiger partial charge in [-0.25, -0.2) is 4.79 Å². The molecule has 0 radical (unpaired) electrons. The third-order valence-electron chi connectivity index (χ3n) is 2.76. The fraction of sp³-hybridized carbons (Fsp3) is 0.133. The van der Waals surface area contributed by atoms with Gasteiger partial charge in [-0.05, 0) is 31.2 Å². The number of aryl methyl sites for hydroxylation is 1. The molecular formula is C15H14N2O5. The van der Waals surface area contributed by atoms with Crippen molar-refractivity contribution in [2.24, 2.45) is 0 Å². The average molecular weight is 302 g/mol. The Balaban J connectivity index is 1.91. The van der Waals surface area contributed by atoms with Gasteiger partial charge in [0, 0.05) is 18.0 Å². The third-order valence-corrected chi connectivity index (χ3v) is 2.76. The summed E-state index contributed by atoms with van der Waals surface area (Å²) < 4.78 is 4.95. The topological polar surface area (TPSA) is 108 Å². The van der Waals surface area contributed by atoms with E-state index in [1.54, 1.807) is 6.92 Å². The molecule has 2 aromatic rings. The van der Waals surface area contributed by atoms with Crippen LogP contribution in [0.25, 0.3) is 0 Å². The number of H-pyrrole nitrogens is 1. The van der Waals surface area contributed by atoms with E-state index < -0.39 is 17.3 Å². The number of ether oxygens (including phenoxy) is 1. The van der Waals surface area contributed by atoms with Gasteiger partial charge in [-0.1, -0.05) is 0 Å². The smallest absolute Gasteiger partial charge is 0.330 e. The molecule has 0 saturated heterocycles. The van der Waals surface area contributed by atoms with Crippen molar-refractivity contribution in [2.75, 3.05) is 6.54 Å². The maximum Gasteiger partial charge on any atom is 0.330 e. The monoisotopic (exact) mass is 302 g/mol. The van der Waals surface area contributed by atoms with E-state index in [-0.39, 0.29) is 23.6 Å². The fourth-order valence-corrected chi connectivity index (χ4v) is 1.68. The number of phenols is 1. The third kappa shape index (κ3) is 3.95. The van der Waals surface area contributed by atoms with Gasteiger partial charge in [0.05, 0.1) is 0 Å². The summed E-state index contributed by atoms with van der Waals surface area (Å²) >= 11 is 0. The van der Waals surface area contributed by atoms with Crippen molar-refractivity contribution in [3.05, 3.63) is 58.0 Å². The van der Waals surface area contributed by atoms with E-state index in [0.717, 1.165) is 0 Å². The van der Waals surface area contributed by atoms with Gasteiger partial charge in [-0.15, -0.1) is 0 Å². The summed E-state index contributed by atoms with van der Waals surface area (Å²) in [5.74, 6) is -1.07. The number of nitrogens with one attached hydrogen (secondary N) is 2. The molecule has 1 aromatic heterocycles. The molecule has 3 N–H and O–H groups in total. The molecule has 0 atom stereocenters. The number of amides is 1. The predicted octanol–water partition coefficient (Wildman–Crippen LogP) is 0.724. The number of carbonyl (C=O) groups is 2. The lowest BCUT2D eigenvalue weighted by atomic mass is 10.2. The standard InChI is InChI=1S/C15H14N2O5/c1-9-6-13(19)12(7-16-9)15(21)17-8-14(20)22-11-4-2-10(18)3-5-11/h2-7,18H,8H2,1H3,(H,16,19)(H,17,21). The van der Waals surface area contributed by atoms with Gasteiger partial charge < -0.3 is 20.1 Å². The molecule has 0 fully saturated rings. The number of rotatable bonds is 4. The Labute approximate surface area is 125 Å². The van der Waals surface area contributed by atoms with Crippen LogP contribution in [0.2, 0.25) is 0 Å². The highest BCUT2D eigenvalue weighted by molar-refractivity contribution is 5.95. The molecule has 1 aromatic carbocycles. The molecule has 0 bridgehead atoms. The zero-order valence-corrected chi connectivity index (χ0v) is 11.8. The van der Waals surface area contributed by atoms with Gasteiger partial charge in [0.15, 0.2) is 5.43 Å². The molecule has 0 aliphatic carbocycles. The summed E-state index contributed by atoms with van der Waals surface area (Å²) in [6, 6.07) is 6.86. The van der Waals surface area contributed by atoms with E-state index >= 15 is 0 Å². The van der Waals surface area contributed by atoms with Gasteiger partial charge in [0.2, 0.25) is 0 Å². The Kier molecular flexibility index (Phi) is 4.57. The number of carbonyl (C=O) groups excluding carboxylic acids is 2. The van der Waals surface area contributed by atoms with Gasteiger partial charge in [-0.2, -0.15) is 0 Å². The fourth-order valence-electron chi connectivity index (χ4n) is 1.68. The molecule has 1 amide bonds. The lowest BCUT2D eigenvalue weighted by Gasteiger charge is -2.06. The van der Waals surface area contributed by atoms with Crippen LogP contribution in [0.5, 0.6) is 11.5 Å². The first-order valence-electron chi connectivity index (χ1n) is 6.43. The van der Waals surface area contributed by atoms with Crippen LogP contribution in [0.3, 0.4) is 0 Å². The molecular weight excluding hydrogens is 288 g/mol. The number of phenolic OH excluding ortho intramolecular Hbond substituents is 1. The second kappa shape index (κ2) is 6.57. The Bertz CT molecular complexity index is 749. The first kappa shape index (κ1) is 15.3. The highest BCUT2D eigenvalue weighted by atomic mass is 16.5. The number of pyridine rings is 1. The highest BCUT2D eigenvalue weighted by Gasteiger charge is 2.12. The van der Waals surface area contributed by atoms with E-state index in [0.29, 0.717) is 5.69 Å². The van der Waals surface area contributed by atoms with Crippen LogP contribution in [0.15, 0.2) is 41.3 Å². The summed E-state index contributed by atoms with van der Waals surface area (Å²) in [5, 5.41) is 11.4. The van der Waals surface area contributed by atoms with Crippen LogP contribution >= 0.6 is 0 Å². The molecule has 22 heavy (non-hydrogen) atoms. The summed E-state index contributed by atoms with van der Waals surface area (Å²) in [7, 11) is 0. The maximum absolute atomic E-state index is 11.8. The minimum Gasteiger partial charge on any atom is -0.508 e. The number of benzene rings is 1. The zero-order chi connectivity index (χ0) is 16.1. The lowest BCUT2D eigenvalue weighted by Crippen LogP contribution is -2.34. The van der Waals surface area contributed by atoms with Crippen molar-refractivity contribution < 1.29 is 19.4 Å². The van der Waals surface area contributed by atoms with Gasteiger partial charge in [0.1, 0.15) is 23.6 Å². The lowest BCUT2D eigenvalue weighted by molar-refractivity contribution is -0.133. The van der Waals surface area contributed by atoms with E-state index in [2.05, 4.69) is 10.3 Å². The molecule has 0 spiro atoms. The zero-order valence-electron chi connectivity index (χ0n) is 11.8. The average Bonchev–Trinajstić information content (AvgIpc) is 2.47. The number of esters is 1. The Morgan fingerprint density at radius 2 is 1.95 bits per heavy atom. The maximum atomic E-state index is 11.8. The SMILES string of the molecule is Cc1cc(=O)c(C(=O)NCC(=O)Oc2ccc(O)cc2)c[nH]1. The highest BCUT2D eigenvalue weighted by Crippen LogP contribution is 2.15. The molecule has 7 nitrogen and oxygen atoms in total. The number of aromatic nitrogens is 1. The number of hydrogen-bond donors (Lipinski definition) is 3. The van der Waals surface area contributed by atoms with Crippen LogP contribution in [0, 0.1) is 6.92 Å². The summed E-state index contributed by atoms with van der Waals surface area (Å²) in [4.78, 5) is 37.8. The number of aromatic amines is 1. The van der Waals surface area contributed by atoms with Crippen LogP contribution in [0.1, 0.15) is 16.1 Å². The van der Waals surface area contributed by atoms with Crippen molar-refractivity contribution in [2.45, 2.75) is 6.92 Å². The van der Waals surface area contributed by atoms with Gasteiger partial charge in [0.25, 0.3) is 5.91 Å². The molecule has 114 valence electrons. The normalized spacial score (nSPS) is 10.0. The second-order valence-electron chi connectivity index (χ2n) is 4.54. The Morgan fingerprint density at radius 1 is 1.27 bits per heavy atom. The number of aromatic hydroxyl groups is 1. The van der Waals surface area contributed by atoms with Crippen molar-refractivity contribution >= 4 is 11.9 Å². The molecule has 1 heterocycles. The minimum absolute atomic E-state index is 0.0479. The quantitative estimate of drug-likeness (QED) is 0.570. The van der Waals surface area contributed by atoms with E-state index in [1.165, 1.54) is 36.5 Å². The summed E-state index contributed by atoms with van der Waals surface area (Å²) in [6.07, 6.45) is 1.29. The Morgan fingerprint density at radius 3 is 2.59 bits per heavy atom. The minimum atomic E-state index is -0.692. The first-order valence-corrected chi connectivity index (χ1v) is 6.43. The van der Waals surface area contributed by atoms with Crippen molar-refractivity contribution in [1.29, 1.82) is 0 Å². The molecule has 0 saturated carbocycles. The molecule has 0 unspecified atom stereocenters. The van der Waals surface area contributed by atoms with Gasteiger partial charge in [-0.3, -0.25) is 9.59 Å². The van der Waals surface area contributed by atoms with E-state index in [9.17, 15) is 14.4 Å².